The van der Waals surface area contributed by atoms with Crippen molar-refractivity contribution in [3.05, 3.63) is 35.9 Å². The van der Waals surface area contributed by atoms with E-state index in [1.165, 1.54) is 5.56 Å². The van der Waals surface area contributed by atoms with Gasteiger partial charge in [0, 0.05) is 26.1 Å². The van der Waals surface area contributed by atoms with E-state index in [0.29, 0.717) is 13.0 Å². The summed E-state index contributed by atoms with van der Waals surface area (Å²) in [6.45, 7) is 6.64. The van der Waals surface area contributed by atoms with Gasteiger partial charge in [-0.05, 0) is 23.8 Å². The van der Waals surface area contributed by atoms with E-state index in [1.807, 2.05) is 32.0 Å². The zero-order valence-electron chi connectivity index (χ0n) is 12.7. The van der Waals surface area contributed by atoms with Crippen molar-refractivity contribution in [1.82, 2.24) is 4.90 Å². The van der Waals surface area contributed by atoms with Crippen molar-refractivity contribution in [2.75, 3.05) is 19.7 Å². The van der Waals surface area contributed by atoms with Crippen LogP contribution in [0.1, 0.15) is 38.7 Å². The molecular formula is C17H26N2O. The van der Waals surface area contributed by atoms with Gasteiger partial charge in [0.15, 0.2) is 0 Å². The third kappa shape index (κ3) is 5.32. The van der Waals surface area contributed by atoms with E-state index < -0.39 is 0 Å². The summed E-state index contributed by atoms with van der Waals surface area (Å²) in [5.41, 5.74) is 1.47. The Hall–Kier alpha value is -1.37. The summed E-state index contributed by atoms with van der Waals surface area (Å²) < 4.78 is 0. The van der Waals surface area contributed by atoms with E-state index in [4.69, 9.17) is 10.4 Å². The Morgan fingerprint density at radius 1 is 1.25 bits per heavy atom. The number of benzene rings is 1. The minimum absolute atomic E-state index is 0.176. The fraction of sp³-hybridized carbons (Fsp3) is 0.588. The molecule has 0 bridgehead atoms. The van der Waals surface area contributed by atoms with Crippen molar-refractivity contribution in [3.63, 3.8) is 0 Å². The lowest BCUT2D eigenvalue weighted by atomic mass is 10.0. The molecule has 3 nitrogen and oxygen atoms in total. The first-order chi connectivity index (χ1) is 9.78. The second kappa shape index (κ2) is 8.73. The van der Waals surface area contributed by atoms with Gasteiger partial charge in [0.05, 0.1) is 12.7 Å². The smallest absolute Gasteiger partial charge is 0.0628 e. The quantitative estimate of drug-likeness (QED) is 0.830. The molecule has 0 atom stereocenters. The first-order valence-electron chi connectivity index (χ1n) is 7.52. The number of nitrogens with zero attached hydrogens (tertiary/aromatic N) is 2. The zero-order valence-corrected chi connectivity index (χ0v) is 12.7. The first-order valence-corrected chi connectivity index (χ1v) is 7.52. The molecule has 1 aliphatic rings. The summed E-state index contributed by atoms with van der Waals surface area (Å²) >= 11 is 0. The second-order valence-corrected chi connectivity index (χ2v) is 5.25. The van der Waals surface area contributed by atoms with Crippen LogP contribution in [0.5, 0.6) is 0 Å². The predicted molar refractivity (Wildman–Crippen MR) is 82.0 cm³/mol. The Morgan fingerprint density at radius 3 is 2.40 bits per heavy atom. The summed E-state index contributed by atoms with van der Waals surface area (Å²) in [6, 6.07) is 12.6. The van der Waals surface area contributed by atoms with Crippen molar-refractivity contribution in [1.29, 1.82) is 5.26 Å². The summed E-state index contributed by atoms with van der Waals surface area (Å²) in [6.07, 6.45) is 2.94. The van der Waals surface area contributed by atoms with E-state index in [2.05, 4.69) is 23.1 Å². The van der Waals surface area contributed by atoms with Crippen LogP contribution in [0.15, 0.2) is 30.3 Å². The Labute approximate surface area is 122 Å². The van der Waals surface area contributed by atoms with Crippen molar-refractivity contribution >= 4 is 0 Å². The van der Waals surface area contributed by atoms with Gasteiger partial charge in [-0.2, -0.15) is 5.26 Å². The van der Waals surface area contributed by atoms with Crippen molar-refractivity contribution in [3.8, 4) is 6.07 Å². The van der Waals surface area contributed by atoms with E-state index in [-0.39, 0.29) is 12.0 Å². The summed E-state index contributed by atoms with van der Waals surface area (Å²) in [4.78, 5) is 2.26. The number of aliphatic hydroxyl groups excluding tert-OH is 1. The number of nitriles is 1. The molecule has 110 valence electrons. The molecule has 0 spiro atoms. The van der Waals surface area contributed by atoms with Crippen LogP contribution in [0.3, 0.4) is 0 Å². The number of aliphatic hydroxyl groups is 1. The van der Waals surface area contributed by atoms with Crippen LogP contribution in [0, 0.1) is 16.7 Å². The Balaban J connectivity index is 0.000000956. The molecule has 1 aromatic carbocycles. The number of hydrogen-bond acceptors (Lipinski definition) is 3. The summed E-state index contributed by atoms with van der Waals surface area (Å²) in [5, 5.41) is 18.0. The first kappa shape index (κ1) is 16.7. The topological polar surface area (TPSA) is 47.3 Å². The molecule has 1 aromatic rings. The number of rotatable bonds is 7. The van der Waals surface area contributed by atoms with E-state index in [9.17, 15) is 0 Å². The molecule has 0 amide bonds. The SMILES string of the molecule is CC.N#CCC1(CN(CCO)Cc2ccccc2)CC1. The van der Waals surface area contributed by atoms with Gasteiger partial charge in [-0.1, -0.05) is 44.2 Å². The lowest BCUT2D eigenvalue weighted by Gasteiger charge is -2.25. The Morgan fingerprint density at radius 2 is 1.90 bits per heavy atom. The Bertz CT molecular complexity index is 407. The third-order valence-electron chi connectivity index (χ3n) is 3.64. The molecule has 0 unspecified atom stereocenters. The molecule has 0 heterocycles. The summed E-state index contributed by atoms with van der Waals surface area (Å²) in [5.74, 6) is 0. The lowest BCUT2D eigenvalue weighted by molar-refractivity contribution is 0.163. The second-order valence-electron chi connectivity index (χ2n) is 5.25. The molecule has 1 aliphatic carbocycles. The van der Waals surface area contributed by atoms with Gasteiger partial charge in [0.2, 0.25) is 0 Å². The fourth-order valence-electron chi connectivity index (χ4n) is 2.41. The van der Waals surface area contributed by atoms with E-state index >= 15 is 0 Å². The van der Waals surface area contributed by atoms with Crippen LogP contribution in [-0.4, -0.2) is 29.7 Å². The van der Waals surface area contributed by atoms with Gasteiger partial charge in [0.25, 0.3) is 0 Å². The minimum atomic E-state index is 0.176. The van der Waals surface area contributed by atoms with Gasteiger partial charge in [-0.25, -0.2) is 0 Å². The average Bonchev–Trinajstić information content (AvgIpc) is 3.22. The highest BCUT2D eigenvalue weighted by molar-refractivity contribution is 5.14. The molecule has 1 fully saturated rings. The van der Waals surface area contributed by atoms with Gasteiger partial charge in [-0.15, -0.1) is 0 Å². The van der Waals surface area contributed by atoms with Gasteiger partial charge in [0.1, 0.15) is 0 Å². The molecular weight excluding hydrogens is 248 g/mol. The highest BCUT2D eigenvalue weighted by Crippen LogP contribution is 2.49. The van der Waals surface area contributed by atoms with E-state index in [0.717, 1.165) is 25.9 Å². The van der Waals surface area contributed by atoms with Crippen LogP contribution >= 0.6 is 0 Å². The highest BCUT2D eigenvalue weighted by Gasteiger charge is 2.43. The van der Waals surface area contributed by atoms with Crippen molar-refractivity contribution in [2.24, 2.45) is 5.41 Å². The van der Waals surface area contributed by atoms with Crippen molar-refractivity contribution < 1.29 is 5.11 Å². The van der Waals surface area contributed by atoms with Crippen LogP contribution < -0.4 is 0 Å². The molecule has 20 heavy (non-hydrogen) atoms. The van der Waals surface area contributed by atoms with Crippen LogP contribution in [0.25, 0.3) is 0 Å². The Kier molecular flexibility index (Phi) is 7.28. The van der Waals surface area contributed by atoms with Gasteiger partial charge < -0.3 is 5.11 Å². The highest BCUT2D eigenvalue weighted by atomic mass is 16.3. The molecule has 1 N–H and O–H groups in total. The molecule has 3 heteroatoms. The normalized spacial score (nSPS) is 15.2. The monoisotopic (exact) mass is 274 g/mol. The zero-order chi connectivity index (χ0) is 14.8. The maximum absolute atomic E-state index is 9.16. The van der Waals surface area contributed by atoms with E-state index in [1.54, 1.807) is 0 Å². The van der Waals surface area contributed by atoms with Crippen LogP contribution in [-0.2, 0) is 6.54 Å². The molecule has 1 saturated carbocycles. The summed E-state index contributed by atoms with van der Waals surface area (Å²) in [7, 11) is 0. The number of hydrogen-bond donors (Lipinski definition) is 1. The standard InChI is InChI=1S/C15H20N2O.C2H6/c16-9-8-15(6-7-15)13-17(10-11-18)12-14-4-2-1-3-5-14;1-2/h1-5,18H,6-8,10-13H2;1-2H3. The predicted octanol–water partition coefficient (Wildman–Crippen LogP) is 3.20. The molecule has 0 aromatic heterocycles. The molecule has 0 radical (unpaired) electrons. The largest absolute Gasteiger partial charge is 0.395 e. The minimum Gasteiger partial charge on any atom is -0.395 e. The fourth-order valence-corrected chi connectivity index (χ4v) is 2.41. The van der Waals surface area contributed by atoms with Crippen molar-refractivity contribution in [2.45, 2.75) is 39.7 Å². The maximum Gasteiger partial charge on any atom is 0.0628 e. The van der Waals surface area contributed by atoms with Crippen LogP contribution in [0.2, 0.25) is 0 Å². The average molecular weight is 274 g/mol. The van der Waals surface area contributed by atoms with Gasteiger partial charge in [-0.3, -0.25) is 4.90 Å². The van der Waals surface area contributed by atoms with Crippen LogP contribution in [0.4, 0.5) is 0 Å². The third-order valence-corrected chi connectivity index (χ3v) is 3.64. The molecule has 0 saturated heterocycles. The maximum atomic E-state index is 9.16. The molecule has 2 rings (SSSR count). The molecule has 0 aliphatic heterocycles. The van der Waals surface area contributed by atoms with Gasteiger partial charge >= 0.3 is 0 Å². The lowest BCUT2D eigenvalue weighted by Crippen LogP contribution is -2.32.